The number of anilines is 1. The third kappa shape index (κ3) is 3.75. The van der Waals surface area contributed by atoms with E-state index in [1.165, 1.54) is 12.1 Å². The summed E-state index contributed by atoms with van der Waals surface area (Å²) in [5.41, 5.74) is 1.20. The van der Waals surface area contributed by atoms with Crippen LogP contribution in [0.4, 0.5) is 5.69 Å². The van der Waals surface area contributed by atoms with E-state index in [1.54, 1.807) is 36.4 Å². The maximum Gasteiger partial charge on any atom is 0.255 e. The van der Waals surface area contributed by atoms with Gasteiger partial charge in [-0.1, -0.05) is 6.92 Å². The first-order chi connectivity index (χ1) is 9.69. The molecular weight excluding hydrogens is 254 g/mol. The number of amides is 1. The number of hydrogen-bond acceptors (Lipinski definition) is 3. The molecule has 0 bridgehead atoms. The highest BCUT2D eigenvalue weighted by Gasteiger charge is 2.06. The molecule has 2 aromatic rings. The Labute approximate surface area is 118 Å². The molecule has 0 radical (unpaired) electrons. The van der Waals surface area contributed by atoms with Crippen molar-refractivity contribution in [3.63, 3.8) is 0 Å². The van der Waals surface area contributed by atoms with Gasteiger partial charge in [0.25, 0.3) is 5.91 Å². The molecule has 0 saturated heterocycles. The Morgan fingerprint density at radius 3 is 2.35 bits per heavy atom. The quantitative estimate of drug-likeness (QED) is 0.819. The van der Waals surface area contributed by atoms with E-state index in [9.17, 15) is 9.90 Å². The third-order valence-corrected chi connectivity index (χ3v) is 2.71. The summed E-state index contributed by atoms with van der Waals surface area (Å²) >= 11 is 0. The van der Waals surface area contributed by atoms with E-state index in [-0.39, 0.29) is 11.7 Å². The number of carbonyl (C=O) groups is 1. The first kappa shape index (κ1) is 13.9. The van der Waals surface area contributed by atoms with Crippen molar-refractivity contribution in [2.75, 3.05) is 11.9 Å². The number of ether oxygens (including phenoxy) is 1. The summed E-state index contributed by atoms with van der Waals surface area (Å²) in [7, 11) is 0. The Kier molecular flexibility index (Phi) is 4.60. The summed E-state index contributed by atoms with van der Waals surface area (Å²) < 4.78 is 5.46. The number of phenolic OH excluding ortho intramolecular Hbond substituents is 1. The van der Waals surface area contributed by atoms with Crippen molar-refractivity contribution in [2.24, 2.45) is 0 Å². The van der Waals surface area contributed by atoms with Gasteiger partial charge >= 0.3 is 0 Å². The maximum absolute atomic E-state index is 12.0. The van der Waals surface area contributed by atoms with E-state index in [1.807, 2.05) is 6.92 Å². The van der Waals surface area contributed by atoms with Crippen LogP contribution >= 0.6 is 0 Å². The average Bonchev–Trinajstić information content (AvgIpc) is 2.48. The molecule has 0 heterocycles. The fraction of sp³-hybridized carbons (Fsp3) is 0.188. The minimum atomic E-state index is -0.197. The molecule has 1 amide bonds. The van der Waals surface area contributed by atoms with Gasteiger partial charge in [-0.2, -0.15) is 0 Å². The van der Waals surface area contributed by atoms with Gasteiger partial charge in [0, 0.05) is 11.3 Å². The van der Waals surface area contributed by atoms with Crippen LogP contribution in [0.25, 0.3) is 0 Å². The van der Waals surface area contributed by atoms with Crippen LogP contribution in [0.1, 0.15) is 23.7 Å². The van der Waals surface area contributed by atoms with Gasteiger partial charge in [-0.25, -0.2) is 0 Å². The van der Waals surface area contributed by atoms with Crippen LogP contribution in [0, 0.1) is 0 Å². The molecule has 2 aromatic carbocycles. The second-order valence-electron chi connectivity index (χ2n) is 4.37. The average molecular weight is 271 g/mol. The molecule has 0 saturated carbocycles. The summed E-state index contributed by atoms with van der Waals surface area (Å²) in [5.74, 6) is 0.728. The molecule has 4 heteroatoms. The topological polar surface area (TPSA) is 58.6 Å². The van der Waals surface area contributed by atoms with Gasteiger partial charge in [-0.05, 0) is 55.0 Å². The lowest BCUT2D eigenvalue weighted by molar-refractivity contribution is 0.102. The number of benzene rings is 2. The van der Waals surface area contributed by atoms with Gasteiger partial charge in [0.15, 0.2) is 0 Å². The molecule has 0 unspecified atom stereocenters. The lowest BCUT2D eigenvalue weighted by atomic mass is 10.2. The monoisotopic (exact) mass is 271 g/mol. The van der Waals surface area contributed by atoms with Crippen molar-refractivity contribution >= 4 is 11.6 Å². The minimum absolute atomic E-state index is 0.167. The number of phenols is 1. The van der Waals surface area contributed by atoms with Crippen molar-refractivity contribution in [3.8, 4) is 11.5 Å². The van der Waals surface area contributed by atoms with Gasteiger partial charge in [0.05, 0.1) is 6.61 Å². The van der Waals surface area contributed by atoms with Gasteiger partial charge in [0.2, 0.25) is 0 Å². The molecule has 0 aliphatic rings. The Morgan fingerprint density at radius 1 is 1.10 bits per heavy atom. The Bertz CT molecular complexity index is 561. The number of nitrogens with one attached hydrogen (secondary N) is 1. The summed E-state index contributed by atoms with van der Waals surface area (Å²) in [4.78, 5) is 12.0. The highest BCUT2D eigenvalue weighted by Crippen LogP contribution is 2.16. The highest BCUT2D eigenvalue weighted by molar-refractivity contribution is 6.04. The van der Waals surface area contributed by atoms with Crippen LogP contribution in [-0.4, -0.2) is 17.6 Å². The van der Waals surface area contributed by atoms with E-state index in [0.29, 0.717) is 17.9 Å². The standard InChI is InChI=1S/C16H17NO3/c1-2-11-20-15-9-3-12(4-10-15)16(19)17-13-5-7-14(18)8-6-13/h3-10,18H,2,11H2,1H3,(H,17,19). The zero-order valence-electron chi connectivity index (χ0n) is 11.3. The van der Waals surface area contributed by atoms with Crippen LogP contribution in [0.15, 0.2) is 48.5 Å². The predicted molar refractivity (Wildman–Crippen MR) is 78.3 cm³/mol. The van der Waals surface area contributed by atoms with Crippen LogP contribution in [-0.2, 0) is 0 Å². The second kappa shape index (κ2) is 6.61. The van der Waals surface area contributed by atoms with Crippen LogP contribution in [0.5, 0.6) is 11.5 Å². The lowest BCUT2D eigenvalue weighted by Crippen LogP contribution is -2.11. The molecular formula is C16H17NO3. The molecule has 0 spiro atoms. The normalized spacial score (nSPS) is 10.1. The van der Waals surface area contributed by atoms with Crippen molar-refractivity contribution < 1.29 is 14.6 Å². The molecule has 0 aliphatic heterocycles. The molecule has 104 valence electrons. The third-order valence-electron chi connectivity index (χ3n) is 2.71. The molecule has 4 nitrogen and oxygen atoms in total. The number of aromatic hydroxyl groups is 1. The molecule has 0 aliphatic carbocycles. The highest BCUT2D eigenvalue weighted by atomic mass is 16.5. The smallest absolute Gasteiger partial charge is 0.255 e. The van der Waals surface area contributed by atoms with Crippen molar-refractivity contribution in [3.05, 3.63) is 54.1 Å². The van der Waals surface area contributed by atoms with Gasteiger partial charge in [-0.3, -0.25) is 4.79 Å². The van der Waals surface area contributed by atoms with Gasteiger partial charge < -0.3 is 15.2 Å². The van der Waals surface area contributed by atoms with E-state index < -0.39 is 0 Å². The molecule has 20 heavy (non-hydrogen) atoms. The molecule has 2 rings (SSSR count). The fourth-order valence-electron chi connectivity index (χ4n) is 1.67. The molecule has 2 N–H and O–H groups in total. The maximum atomic E-state index is 12.0. The summed E-state index contributed by atoms with van der Waals surface area (Å²) in [5, 5.41) is 11.9. The largest absolute Gasteiger partial charge is 0.508 e. The predicted octanol–water partition coefficient (Wildman–Crippen LogP) is 3.43. The first-order valence-corrected chi connectivity index (χ1v) is 6.52. The summed E-state index contributed by atoms with van der Waals surface area (Å²) in [6.45, 7) is 2.71. The fourth-order valence-corrected chi connectivity index (χ4v) is 1.67. The Hall–Kier alpha value is -2.49. The Morgan fingerprint density at radius 2 is 1.75 bits per heavy atom. The Balaban J connectivity index is 2.00. The second-order valence-corrected chi connectivity index (χ2v) is 4.37. The van der Waals surface area contributed by atoms with E-state index in [0.717, 1.165) is 12.2 Å². The van der Waals surface area contributed by atoms with E-state index >= 15 is 0 Å². The zero-order valence-corrected chi connectivity index (χ0v) is 11.3. The zero-order chi connectivity index (χ0) is 14.4. The van der Waals surface area contributed by atoms with E-state index in [4.69, 9.17) is 4.74 Å². The van der Waals surface area contributed by atoms with Crippen LogP contribution in [0.2, 0.25) is 0 Å². The lowest BCUT2D eigenvalue weighted by Gasteiger charge is -2.07. The van der Waals surface area contributed by atoms with Crippen molar-refractivity contribution in [1.29, 1.82) is 0 Å². The minimum Gasteiger partial charge on any atom is -0.508 e. The van der Waals surface area contributed by atoms with Crippen LogP contribution < -0.4 is 10.1 Å². The number of carbonyl (C=O) groups excluding carboxylic acids is 1. The molecule has 0 aromatic heterocycles. The molecule has 0 fully saturated rings. The van der Waals surface area contributed by atoms with Gasteiger partial charge in [-0.15, -0.1) is 0 Å². The van der Waals surface area contributed by atoms with E-state index in [2.05, 4.69) is 5.32 Å². The van der Waals surface area contributed by atoms with Crippen LogP contribution in [0.3, 0.4) is 0 Å². The number of rotatable bonds is 5. The summed E-state index contributed by atoms with van der Waals surface area (Å²) in [6.07, 6.45) is 0.948. The summed E-state index contributed by atoms with van der Waals surface area (Å²) in [6, 6.07) is 13.3. The van der Waals surface area contributed by atoms with Crippen molar-refractivity contribution in [2.45, 2.75) is 13.3 Å². The SMILES string of the molecule is CCCOc1ccc(C(=O)Nc2ccc(O)cc2)cc1. The molecule has 0 atom stereocenters. The number of hydrogen-bond donors (Lipinski definition) is 2. The first-order valence-electron chi connectivity index (χ1n) is 6.52. The van der Waals surface area contributed by atoms with Gasteiger partial charge in [0.1, 0.15) is 11.5 Å². The van der Waals surface area contributed by atoms with Crippen molar-refractivity contribution in [1.82, 2.24) is 0 Å².